The van der Waals surface area contributed by atoms with Crippen LogP contribution in [0.1, 0.15) is 43.9 Å². The molecule has 0 atom stereocenters. The van der Waals surface area contributed by atoms with Gasteiger partial charge in [-0.05, 0) is 57.1 Å². The van der Waals surface area contributed by atoms with E-state index in [0.29, 0.717) is 30.0 Å². The molecular weight excluding hydrogens is 517 g/mol. The Labute approximate surface area is 207 Å². The molecule has 0 saturated heterocycles. The number of nitrogen functional groups attached to an aromatic ring is 1. The van der Waals surface area contributed by atoms with Gasteiger partial charge in [0, 0.05) is 32.8 Å². The third kappa shape index (κ3) is 7.98. The van der Waals surface area contributed by atoms with E-state index >= 15 is 0 Å². The van der Waals surface area contributed by atoms with Gasteiger partial charge in [0.15, 0.2) is 5.96 Å². The molecule has 4 N–H and O–H groups in total. The second kappa shape index (κ2) is 14.0. The SMILES string of the molecule is CCNC(=NCCCc1nn(-c2ccccc2)c(N)c1C#N)NCCCOCC1CC1.I. The van der Waals surface area contributed by atoms with E-state index in [0.717, 1.165) is 56.7 Å². The second-order valence-electron chi connectivity index (χ2n) is 7.73. The molecule has 1 aromatic heterocycles. The number of hydrogen-bond donors (Lipinski definition) is 3. The van der Waals surface area contributed by atoms with Crippen LogP contribution in [0.4, 0.5) is 5.82 Å². The molecule has 32 heavy (non-hydrogen) atoms. The molecule has 2 aromatic rings. The normalized spacial score (nSPS) is 13.3. The first kappa shape index (κ1) is 25.9. The number of aromatic nitrogens is 2. The lowest BCUT2D eigenvalue weighted by molar-refractivity contribution is 0.123. The zero-order valence-corrected chi connectivity index (χ0v) is 21.0. The van der Waals surface area contributed by atoms with Crippen molar-refractivity contribution in [3.05, 3.63) is 41.6 Å². The van der Waals surface area contributed by atoms with Crippen molar-refractivity contribution in [2.24, 2.45) is 10.9 Å². The van der Waals surface area contributed by atoms with Crippen molar-refractivity contribution in [1.82, 2.24) is 20.4 Å². The molecule has 3 rings (SSSR count). The Morgan fingerprint density at radius 3 is 2.75 bits per heavy atom. The summed E-state index contributed by atoms with van der Waals surface area (Å²) in [5, 5.41) is 20.7. The monoisotopic (exact) mass is 551 g/mol. The predicted octanol–water partition coefficient (Wildman–Crippen LogP) is 3.25. The minimum atomic E-state index is 0. The Morgan fingerprint density at radius 2 is 2.06 bits per heavy atom. The lowest BCUT2D eigenvalue weighted by Crippen LogP contribution is -2.38. The molecule has 9 heteroatoms. The number of nitrogens with zero attached hydrogens (tertiary/aromatic N) is 4. The van der Waals surface area contributed by atoms with Gasteiger partial charge in [-0.25, -0.2) is 4.68 Å². The van der Waals surface area contributed by atoms with Crippen LogP contribution in [0, 0.1) is 17.2 Å². The topological polar surface area (TPSA) is 113 Å². The van der Waals surface area contributed by atoms with E-state index in [4.69, 9.17) is 10.5 Å². The van der Waals surface area contributed by atoms with Crippen molar-refractivity contribution in [2.75, 3.05) is 38.6 Å². The van der Waals surface area contributed by atoms with E-state index in [1.807, 2.05) is 37.3 Å². The summed E-state index contributed by atoms with van der Waals surface area (Å²) in [5.74, 6) is 1.99. The number of rotatable bonds is 12. The van der Waals surface area contributed by atoms with Crippen LogP contribution in [0.5, 0.6) is 0 Å². The lowest BCUT2D eigenvalue weighted by atomic mass is 10.1. The first-order valence-electron chi connectivity index (χ1n) is 11.2. The van der Waals surface area contributed by atoms with Gasteiger partial charge in [0.1, 0.15) is 17.5 Å². The first-order valence-corrected chi connectivity index (χ1v) is 11.2. The van der Waals surface area contributed by atoms with Gasteiger partial charge in [0.2, 0.25) is 0 Å². The van der Waals surface area contributed by atoms with Gasteiger partial charge < -0.3 is 21.1 Å². The summed E-state index contributed by atoms with van der Waals surface area (Å²) in [5.41, 5.74) is 8.18. The number of hydrogen-bond acceptors (Lipinski definition) is 5. The highest BCUT2D eigenvalue weighted by atomic mass is 127. The summed E-state index contributed by atoms with van der Waals surface area (Å²) < 4.78 is 7.30. The highest BCUT2D eigenvalue weighted by Gasteiger charge is 2.20. The van der Waals surface area contributed by atoms with Crippen LogP contribution in [-0.2, 0) is 11.2 Å². The summed E-state index contributed by atoms with van der Waals surface area (Å²) in [6.07, 6.45) is 5.03. The summed E-state index contributed by atoms with van der Waals surface area (Å²) in [4.78, 5) is 4.63. The Bertz CT molecular complexity index is 888. The summed E-state index contributed by atoms with van der Waals surface area (Å²) in [6, 6.07) is 11.8. The Kier molecular flexibility index (Phi) is 11.3. The van der Waals surface area contributed by atoms with Gasteiger partial charge in [-0.2, -0.15) is 10.4 Å². The standard InChI is InChI=1S/C23H33N7O.HI/c1-2-26-23(28-14-7-15-31-17-18-11-12-18)27-13-6-10-21-20(16-24)22(25)30(29-21)19-8-4-3-5-9-19;/h3-5,8-9,18H,2,6-7,10-15,17,25H2,1H3,(H2,26,27,28);1H. The van der Waals surface area contributed by atoms with Gasteiger partial charge in [0.25, 0.3) is 0 Å². The molecule has 1 heterocycles. The highest BCUT2D eigenvalue weighted by molar-refractivity contribution is 14.0. The van der Waals surface area contributed by atoms with Crippen molar-refractivity contribution in [3.8, 4) is 11.8 Å². The van der Waals surface area contributed by atoms with Crippen LogP contribution >= 0.6 is 24.0 Å². The van der Waals surface area contributed by atoms with Gasteiger partial charge in [-0.1, -0.05) is 18.2 Å². The smallest absolute Gasteiger partial charge is 0.191 e. The average molecular weight is 551 g/mol. The molecule has 1 fully saturated rings. The Balaban J connectivity index is 0.00000363. The molecule has 1 aromatic carbocycles. The molecule has 1 aliphatic carbocycles. The molecule has 0 bridgehead atoms. The molecule has 1 saturated carbocycles. The number of benzene rings is 1. The minimum absolute atomic E-state index is 0. The highest BCUT2D eigenvalue weighted by Crippen LogP contribution is 2.28. The third-order valence-electron chi connectivity index (χ3n) is 5.10. The average Bonchev–Trinajstić information content (AvgIpc) is 3.56. The number of nitrogens with two attached hydrogens (primary N) is 1. The summed E-state index contributed by atoms with van der Waals surface area (Å²) in [6.45, 7) is 6.01. The van der Waals surface area contributed by atoms with Gasteiger partial charge >= 0.3 is 0 Å². The number of halogens is 1. The van der Waals surface area contributed by atoms with E-state index < -0.39 is 0 Å². The third-order valence-corrected chi connectivity index (χ3v) is 5.10. The molecule has 0 radical (unpaired) electrons. The zero-order chi connectivity index (χ0) is 21.9. The van der Waals surface area contributed by atoms with E-state index in [1.165, 1.54) is 12.8 Å². The number of guanidine groups is 1. The number of aryl methyl sites for hydroxylation is 1. The maximum atomic E-state index is 9.53. The van der Waals surface area contributed by atoms with E-state index in [9.17, 15) is 5.26 Å². The van der Waals surface area contributed by atoms with E-state index in [-0.39, 0.29) is 24.0 Å². The predicted molar refractivity (Wildman–Crippen MR) is 139 cm³/mol. The second-order valence-corrected chi connectivity index (χ2v) is 7.73. The van der Waals surface area contributed by atoms with Crippen molar-refractivity contribution < 1.29 is 4.74 Å². The summed E-state index contributed by atoms with van der Waals surface area (Å²) >= 11 is 0. The number of ether oxygens (including phenoxy) is 1. The van der Waals surface area contributed by atoms with Crippen LogP contribution in [0.15, 0.2) is 35.3 Å². The molecule has 1 aliphatic rings. The number of anilines is 1. The van der Waals surface area contributed by atoms with E-state index in [1.54, 1.807) is 4.68 Å². The Hall–Kier alpha value is -2.32. The van der Waals surface area contributed by atoms with Crippen molar-refractivity contribution in [2.45, 2.75) is 39.0 Å². The van der Waals surface area contributed by atoms with Crippen molar-refractivity contribution in [1.29, 1.82) is 5.26 Å². The molecular formula is C23H34IN7O. The van der Waals surface area contributed by atoms with Crippen LogP contribution in [-0.4, -0.2) is 48.6 Å². The van der Waals surface area contributed by atoms with Gasteiger partial charge in [-0.15, -0.1) is 24.0 Å². The van der Waals surface area contributed by atoms with Crippen LogP contribution in [0.25, 0.3) is 5.69 Å². The van der Waals surface area contributed by atoms with Gasteiger partial charge in [0.05, 0.1) is 11.4 Å². The molecule has 0 amide bonds. The van der Waals surface area contributed by atoms with Crippen LogP contribution in [0.3, 0.4) is 0 Å². The summed E-state index contributed by atoms with van der Waals surface area (Å²) in [7, 11) is 0. The number of para-hydroxylation sites is 1. The molecule has 8 nitrogen and oxygen atoms in total. The maximum Gasteiger partial charge on any atom is 0.191 e. The van der Waals surface area contributed by atoms with E-state index in [2.05, 4.69) is 26.8 Å². The maximum absolute atomic E-state index is 9.53. The Morgan fingerprint density at radius 1 is 1.28 bits per heavy atom. The molecule has 174 valence electrons. The fourth-order valence-corrected chi connectivity index (χ4v) is 3.24. The fraction of sp³-hybridized carbons (Fsp3) is 0.522. The number of nitriles is 1. The zero-order valence-electron chi connectivity index (χ0n) is 18.7. The molecule has 0 spiro atoms. The molecule has 0 aliphatic heterocycles. The van der Waals surface area contributed by atoms with Crippen LogP contribution in [0.2, 0.25) is 0 Å². The minimum Gasteiger partial charge on any atom is -0.382 e. The number of aliphatic imine (C=N–C) groups is 1. The number of nitrogens with one attached hydrogen (secondary N) is 2. The van der Waals surface area contributed by atoms with Crippen molar-refractivity contribution in [3.63, 3.8) is 0 Å². The van der Waals surface area contributed by atoms with Gasteiger partial charge in [-0.3, -0.25) is 4.99 Å². The lowest BCUT2D eigenvalue weighted by Gasteiger charge is -2.11. The fourth-order valence-electron chi connectivity index (χ4n) is 3.24. The van der Waals surface area contributed by atoms with Crippen LogP contribution < -0.4 is 16.4 Å². The van der Waals surface area contributed by atoms with Crippen molar-refractivity contribution >= 4 is 35.8 Å². The largest absolute Gasteiger partial charge is 0.382 e. The molecule has 0 unspecified atom stereocenters. The first-order chi connectivity index (χ1) is 15.2. The quantitative estimate of drug-likeness (QED) is 0.162.